The number of halogens is 1. The van der Waals surface area contributed by atoms with Gasteiger partial charge in [0.2, 0.25) is 0 Å². The number of allylic oxidation sites excluding steroid dienone is 4. The number of hydrogen-bond acceptors (Lipinski definition) is 0. The summed E-state index contributed by atoms with van der Waals surface area (Å²) >= 11 is 0. The van der Waals surface area contributed by atoms with Gasteiger partial charge >= 0.3 is 179 Å². The van der Waals surface area contributed by atoms with Crippen LogP contribution in [0.15, 0.2) is 90.5 Å². The van der Waals surface area contributed by atoms with Crippen LogP contribution in [-0.4, -0.2) is 13.2 Å². The topological polar surface area (TPSA) is 0 Å². The van der Waals surface area contributed by atoms with Crippen LogP contribution >= 0.6 is 0 Å². The van der Waals surface area contributed by atoms with Crippen LogP contribution in [0.2, 0.25) is 0 Å². The van der Waals surface area contributed by atoms with E-state index >= 15 is 0 Å². The third kappa shape index (κ3) is 2.37. The Kier molecular flexibility index (Phi) is 4.66. The summed E-state index contributed by atoms with van der Waals surface area (Å²) in [6, 6.07) is 26.2. The first-order chi connectivity index (χ1) is 14.8. The fourth-order valence-corrected chi connectivity index (χ4v) is 5.78. The first-order valence-corrected chi connectivity index (χ1v) is 10.7. The molecular weight excluding hydrogens is 366 g/mol. The van der Waals surface area contributed by atoms with E-state index in [9.17, 15) is 4.32 Å². The third-order valence-corrected chi connectivity index (χ3v) is 6.77. The van der Waals surface area contributed by atoms with E-state index in [1.807, 2.05) is 13.0 Å². The van der Waals surface area contributed by atoms with Crippen LogP contribution in [0.25, 0.3) is 5.57 Å². The normalized spacial score (nSPS) is 21.8. The fraction of sp³-hybridized carbons (Fsp3) is 0.179. The summed E-state index contributed by atoms with van der Waals surface area (Å²) in [6.45, 7) is 4.30. The molecule has 0 saturated heterocycles. The van der Waals surface area contributed by atoms with Gasteiger partial charge in [0, 0.05) is 0 Å². The molecule has 2 aliphatic rings. The van der Waals surface area contributed by atoms with Crippen LogP contribution in [0.4, 0.5) is 4.32 Å². The molecule has 0 N–H and O–H groups in total. The van der Waals surface area contributed by atoms with Crippen LogP contribution in [-0.2, 0) is 5.41 Å². The molecule has 0 bridgehead atoms. The van der Waals surface area contributed by atoms with E-state index in [-0.39, 0.29) is 0 Å². The molecule has 146 valence electrons. The van der Waals surface area contributed by atoms with Crippen LogP contribution in [0, 0.1) is 0 Å². The molecule has 3 aromatic carbocycles. The molecule has 0 aromatic heterocycles. The van der Waals surface area contributed by atoms with Gasteiger partial charge in [-0.25, -0.2) is 0 Å². The molecule has 0 nitrogen and oxygen atoms in total. The predicted octanol–water partition coefficient (Wildman–Crippen LogP) is 6.61. The molecule has 2 heteroatoms. The second-order valence-corrected chi connectivity index (χ2v) is 8.05. The molecular formula is C28H24BF. The number of rotatable bonds is 3. The molecule has 0 aliphatic heterocycles. The maximum absolute atomic E-state index is 13.6. The van der Waals surface area contributed by atoms with Gasteiger partial charge < -0.3 is 0 Å². The quantitative estimate of drug-likeness (QED) is 0.442. The zero-order valence-electron chi connectivity index (χ0n) is 17.4. The average Bonchev–Trinajstić information content (AvgIpc) is 3.06. The van der Waals surface area contributed by atoms with Gasteiger partial charge in [-0.1, -0.05) is 0 Å². The molecule has 3 aromatic rings. The molecule has 5 rings (SSSR count). The van der Waals surface area contributed by atoms with Crippen molar-refractivity contribution in [2.75, 3.05) is 0 Å². The Morgan fingerprint density at radius 2 is 1.43 bits per heavy atom. The Labute approximate surface area is 178 Å². The maximum atomic E-state index is 13.6. The molecule has 0 unspecified atom stereocenters. The second kappa shape index (κ2) is 7.36. The van der Waals surface area contributed by atoms with Gasteiger partial charge in [0.15, 0.2) is 0 Å². The Morgan fingerprint density at radius 3 is 2.00 bits per heavy atom. The molecule has 0 amide bonds. The van der Waals surface area contributed by atoms with Crippen molar-refractivity contribution in [3.63, 3.8) is 0 Å². The molecule has 0 fully saturated rings. The number of fused-ring (bicyclic) bond motifs is 6. The van der Waals surface area contributed by atoms with E-state index in [2.05, 4.69) is 85.8 Å². The molecule has 0 saturated carbocycles. The molecule has 1 spiro atoms. The van der Waals surface area contributed by atoms with Crippen molar-refractivity contribution < 1.29 is 4.32 Å². The van der Waals surface area contributed by atoms with E-state index in [4.69, 9.17) is 0 Å². The zero-order valence-corrected chi connectivity index (χ0v) is 17.4. The van der Waals surface area contributed by atoms with Crippen LogP contribution in [0.5, 0.6) is 0 Å². The van der Waals surface area contributed by atoms with Gasteiger partial charge in [0.05, 0.1) is 0 Å². The summed E-state index contributed by atoms with van der Waals surface area (Å²) in [4.78, 5) is 0. The predicted molar refractivity (Wildman–Crippen MR) is 126 cm³/mol. The average molecular weight is 390 g/mol. The van der Waals surface area contributed by atoms with Gasteiger partial charge in [0.1, 0.15) is 0 Å². The third-order valence-electron chi connectivity index (χ3n) is 6.77. The minimum absolute atomic E-state index is 0.364. The van der Waals surface area contributed by atoms with Crippen molar-refractivity contribution in [3.8, 4) is 0 Å². The Balaban J connectivity index is 2.02. The van der Waals surface area contributed by atoms with Crippen molar-refractivity contribution in [3.05, 3.63) is 124 Å². The van der Waals surface area contributed by atoms with Crippen molar-refractivity contribution in [1.82, 2.24) is 0 Å². The monoisotopic (exact) mass is 390 g/mol. The SMILES string of the molecule is C/C=C\C1=C(C=BF)c2ccccc2C12c1ccccc1C(CC)c1ccccc12. The van der Waals surface area contributed by atoms with Gasteiger partial charge in [0.25, 0.3) is 0 Å². The summed E-state index contributed by atoms with van der Waals surface area (Å²) in [5, 5.41) is 0. The summed E-state index contributed by atoms with van der Waals surface area (Å²) in [5.41, 5.74) is 9.41. The molecule has 30 heavy (non-hydrogen) atoms. The first-order valence-electron chi connectivity index (χ1n) is 10.7. The van der Waals surface area contributed by atoms with Crippen LogP contribution in [0.3, 0.4) is 0 Å². The standard InChI is InChI=1S/C28H24BF/c1-3-11-24-23(18-29-30)22-14-7-10-17-27(22)28(24)25-15-8-5-12-20(25)19(4-2)21-13-6-9-16-26(21)28/h3,5-19H,4H2,1-2H3/b11-3-. The Morgan fingerprint density at radius 1 is 0.867 bits per heavy atom. The van der Waals surface area contributed by atoms with Gasteiger partial charge in [-0.3, -0.25) is 0 Å². The number of hydrogen-bond donors (Lipinski definition) is 0. The van der Waals surface area contributed by atoms with E-state index in [0.29, 0.717) is 13.1 Å². The minimum atomic E-state index is -0.434. The first kappa shape index (κ1) is 19.0. The molecule has 0 radical (unpaired) electrons. The van der Waals surface area contributed by atoms with E-state index in [1.165, 1.54) is 27.8 Å². The summed E-state index contributed by atoms with van der Waals surface area (Å²) in [6.07, 6.45) is 5.30. The fourth-order valence-electron chi connectivity index (χ4n) is 5.78. The van der Waals surface area contributed by atoms with Gasteiger partial charge in [-0.2, -0.15) is 0 Å². The van der Waals surface area contributed by atoms with Crippen LogP contribution < -0.4 is 0 Å². The van der Waals surface area contributed by atoms with Crippen molar-refractivity contribution in [2.24, 2.45) is 0 Å². The zero-order chi connectivity index (χ0) is 20.7. The molecule has 2 aliphatic carbocycles. The van der Waals surface area contributed by atoms with Gasteiger partial charge in [-0.15, -0.1) is 0 Å². The van der Waals surface area contributed by atoms with Crippen molar-refractivity contribution in [1.29, 1.82) is 0 Å². The molecule has 0 atom stereocenters. The summed E-state index contributed by atoms with van der Waals surface area (Å²) in [5.74, 6) is 1.99. The Hall–Kier alpha value is -3.00. The van der Waals surface area contributed by atoms with E-state index in [1.54, 1.807) is 5.97 Å². The van der Waals surface area contributed by atoms with Gasteiger partial charge in [-0.05, 0) is 0 Å². The Bertz CT molecular complexity index is 1170. The van der Waals surface area contributed by atoms with Crippen molar-refractivity contribution in [2.45, 2.75) is 31.6 Å². The van der Waals surface area contributed by atoms with E-state index in [0.717, 1.165) is 23.1 Å². The van der Waals surface area contributed by atoms with E-state index < -0.39 is 5.41 Å². The second-order valence-electron chi connectivity index (χ2n) is 8.05. The summed E-state index contributed by atoms with van der Waals surface area (Å²) in [7, 11) is 0.671. The molecule has 0 heterocycles. The van der Waals surface area contributed by atoms with Crippen molar-refractivity contribution >= 4 is 18.7 Å². The summed E-state index contributed by atoms with van der Waals surface area (Å²) < 4.78 is 13.6. The number of benzene rings is 3. The van der Waals surface area contributed by atoms with Crippen LogP contribution in [0.1, 0.15) is 59.6 Å².